The van der Waals surface area contributed by atoms with Crippen molar-refractivity contribution in [1.82, 2.24) is 5.32 Å². The van der Waals surface area contributed by atoms with E-state index >= 15 is 0 Å². The van der Waals surface area contributed by atoms with Crippen molar-refractivity contribution in [2.24, 2.45) is 5.92 Å². The van der Waals surface area contributed by atoms with Crippen molar-refractivity contribution in [1.29, 1.82) is 0 Å². The van der Waals surface area contributed by atoms with Crippen LogP contribution in [0.25, 0.3) is 0 Å². The SMILES string of the molecule is CC(C)CCNC(=O)CC(=O)Nc1cccc(Cl)c1Cl. The van der Waals surface area contributed by atoms with Crippen LogP contribution in [-0.4, -0.2) is 18.4 Å². The molecule has 0 unspecified atom stereocenters. The first kappa shape index (κ1) is 16.8. The van der Waals surface area contributed by atoms with Crippen LogP contribution in [-0.2, 0) is 9.59 Å². The molecule has 0 saturated carbocycles. The van der Waals surface area contributed by atoms with Gasteiger partial charge in [0.05, 0.1) is 15.7 Å². The van der Waals surface area contributed by atoms with Gasteiger partial charge in [0.2, 0.25) is 11.8 Å². The van der Waals surface area contributed by atoms with E-state index in [9.17, 15) is 9.59 Å². The Morgan fingerprint density at radius 3 is 2.55 bits per heavy atom. The molecule has 4 nitrogen and oxygen atoms in total. The standard InChI is InChI=1S/C14H18Cl2N2O2/c1-9(2)6-7-17-12(19)8-13(20)18-11-5-3-4-10(15)14(11)16/h3-5,9H,6-8H2,1-2H3,(H,17,19)(H,18,20). The zero-order valence-corrected chi connectivity index (χ0v) is 13.0. The molecule has 0 fully saturated rings. The van der Waals surface area contributed by atoms with Gasteiger partial charge in [-0.15, -0.1) is 0 Å². The second-order valence-electron chi connectivity index (χ2n) is 4.86. The summed E-state index contributed by atoms with van der Waals surface area (Å²) in [5, 5.41) is 5.88. The lowest BCUT2D eigenvalue weighted by Gasteiger charge is -2.09. The van der Waals surface area contributed by atoms with Gasteiger partial charge in [0.25, 0.3) is 0 Å². The molecule has 0 spiro atoms. The summed E-state index contributed by atoms with van der Waals surface area (Å²) in [6.07, 6.45) is 0.647. The molecular weight excluding hydrogens is 299 g/mol. The molecule has 0 atom stereocenters. The molecule has 0 radical (unpaired) electrons. The molecular formula is C14H18Cl2N2O2. The average Bonchev–Trinajstić information content (AvgIpc) is 2.34. The van der Waals surface area contributed by atoms with E-state index in [0.717, 1.165) is 6.42 Å². The molecule has 0 aromatic heterocycles. The second-order valence-corrected chi connectivity index (χ2v) is 5.64. The van der Waals surface area contributed by atoms with Gasteiger partial charge in [0.1, 0.15) is 6.42 Å². The normalized spacial score (nSPS) is 10.4. The molecule has 0 heterocycles. The highest BCUT2D eigenvalue weighted by molar-refractivity contribution is 6.44. The summed E-state index contributed by atoms with van der Waals surface area (Å²) in [5.74, 6) is -0.216. The third kappa shape index (κ3) is 5.80. The Kier molecular flexibility index (Phi) is 6.82. The van der Waals surface area contributed by atoms with E-state index in [4.69, 9.17) is 23.2 Å². The molecule has 0 saturated heterocycles. The van der Waals surface area contributed by atoms with E-state index in [0.29, 0.717) is 23.2 Å². The summed E-state index contributed by atoms with van der Waals surface area (Å²) in [6.45, 7) is 4.71. The zero-order chi connectivity index (χ0) is 15.1. The van der Waals surface area contributed by atoms with Gasteiger partial charge in [0, 0.05) is 6.54 Å². The third-order valence-corrected chi connectivity index (χ3v) is 3.41. The van der Waals surface area contributed by atoms with Gasteiger partial charge in [-0.1, -0.05) is 43.1 Å². The van der Waals surface area contributed by atoms with E-state index in [-0.39, 0.29) is 17.4 Å². The van der Waals surface area contributed by atoms with E-state index in [1.807, 2.05) is 0 Å². The lowest BCUT2D eigenvalue weighted by Crippen LogP contribution is -2.29. The lowest BCUT2D eigenvalue weighted by atomic mass is 10.1. The van der Waals surface area contributed by atoms with Crippen LogP contribution in [0.1, 0.15) is 26.7 Å². The number of rotatable bonds is 6. The van der Waals surface area contributed by atoms with Gasteiger partial charge in [-0.25, -0.2) is 0 Å². The minimum absolute atomic E-state index is 0.235. The topological polar surface area (TPSA) is 58.2 Å². The fourth-order valence-electron chi connectivity index (χ4n) is 1.50. The molecule has 0 aliphatic carbocycles. The minimum atomic E-state index is -0.420. The predicted octanol–water partition coefficient (Wildman–Crippen LogP) is 3.48. The lowest BCUT2D eigenvalue weighted by molar-refractivity contribution is -0.126. The Morgan fingerprint density at radius 1 is 1.20 bits per heavy atom. The van der Waals surface area contributed by atoms with Gasteiger partial charge >= 0.3 is 0 Å². The number of hydrogen-bond donors (Lipinski definition) is 2. The maximum Gasteiger partial charge on any atom is 0.233 e. The van der Waals surface area contributed by atoms with Crippen LogP contribution < -0.4 is 10.6 Å². The van der Waals surface area contributed by atoms with Crippen molar-refractivity contribution in [3.8, 4) is 0 Å². The Morgan fingerprint density at radius 2 is 1.90 bits per heavy atom. The third-order valence-electron chi connectivity index (χ3n) is 2.59. The van der Waals surface area contributed by atoms with Gasteiger partial charge in [0.15, 0.2) is 0 Å². The number of anilines is 1. The van der Waals surface area contributed by atoms with Crippen molar-refractivity contribution in [2.45, 2.75) is 26.7 Å². The van der Waals surface area contributed by atoms with Crippen LogP contribution in [0.15, 0.2) is 18.2 Å². The predicted molar refractivity (Wildman–Crippen MR) is 82.2 cm³/mol. The number of carbonyl (C=O) groups is 2. The molecule has 1 rings (SSSR count). The van der Waals surface area contributed by atoms with Crippen molar-refractivity contribution >= 4 is 40.7 Å². The molecule has 6 heteroatoms. The second kappa shape index (κ2) is 8.12. The Hall–Kier alpha value is -1.26. The number of amides is 2. The zero-order valence-electron chi connectivity index (χ0n) is 11.5. The van der Waals surface area contributed by atoms with E-state index in [1.165, 1.54) is 0 Å². The number of nitrogens with one attached hydrogen (secondary N) is 2. The monoisotopic (exact) mass is 316 g/mol. The van der Waals surface area contributed by atoms with Crippen molar-refractivity contribution in [3.63, 3.8) is 0 Å². The van der Waals surface area contributed by atoms with Crippen LogP contribution in [0.2, 0.25) is 10.0 Å². The first-order valence-corrected chi connectivity index (χ1v) is 7.16. The fraction of sp³-hybridized carbons (Fsp3) is 0.429. The highest BCUT2D eigenvalue weighted by Gasteiger charge is 2.12. The molecule has 1 aromatic carbocycles. The van der Waals surface area contributed by atoms with Gasteiger partial charge < -0.3 is 10.6 Å². The van der Waals surface area contributed by atoms with Crippen LogP contribution >= 0.6 is 23.2 Å². The average molecular weight is 317 g/mol. The summed E-state index contributed by atoms with van der Waals surface area (Å²) in [4.78, 5) is 23.3. The number of benzene rings is 1. The van der Waals surface area contributed by atoms with Crippen molar-refractivity contribution < 1.29 is 9.59 Å². The van der Waals surface area contributed by atoms with Crippen LogP contribution in [0, 0.1) is 5.92 Å². The molecule has 2 amide bonds. The molecule has 0 aliphatic heterocycles. The van der Waals surface area contributed by atoms with Crippen molar-refractivity contribution in [2.75, 3.05) is 11.9 Å². The Labute approximate surface area is 128 Å². The molecule has 1 aromatic rings. The largest absolute Gasteiger partial charge is 0.356 e. The maximum atomic E-state index is 11.7. The van der Waals surface area contributed by atoms with Crippen LogP contribution in [0.3, 0.4) is 0 Å². The Balaban J connectivity index is 2.43. The fourth-order valence-corrected chi connectivity index (χ4v) is 1.85. The highest BCUT2D eigenvalue weighted by atomic mass is 35.5. The number of carbonyl (C=O) groups excluding carboxylic acids is 2. The van der Waals surface area contributed by atoms with Crippen LogP contribution in [0.4, 0.5) is 5.69 Å². The molecule has 110 valence electrons. The van der Waals surface area contributed by atoms with E-state index in [2.05, 4.69) is 24.5 Å². The molecule has 20 heavy (non-hydrogen) atoms. The minimum Gasteiger partial charge on any atom is -0.356 e. The van der Waals surface area contributed by atoms with Crippen LogP contribution in [0.5, 0.6) is 0 Å². The smallest absolute Gasteiger partial charge is 0.233 e. The van der Waals surface area contributed by atoms with Gasteiger partial charge in [-0.05, 0) is 24.5 Å². The summed E-state index contributed by atoms with van der Waals surface area (Å²) < 4.78 is 0. The summed E-state index contributed by atoms with van der Waals surface area (Å²) >= 11 is 11.8. The molecule has 0 bridgehead atoms. The first-order chi connectivity index (χ1) is 9.40. The van der Waals surface area contributed by atoms with Gasteiger partial charge in [-0.3, -0.25) is 9.59 Å². The van der Waals surface area contributed by atoms with E-state index in [1.54, 1.807) is 18.2 Å². The number of hydrogen-bond acceptors (Lipinski definition) is 2. The summed E-state index contributed by atoms with van der Waals surface area (Å²) in [5.41, 5.74) is 0.402. The summed E-state index contributed by atoms with van der Waals surface area (Å²) in [7, 11) is 0. The molecule has 2 N–H and O–H groups in total. The van der Waals surface area contributed by atoms with Gasteiger partial charge in [-0.2, -0.15) is 0 Å². The van der Waals surface area contributed by atoms with E-state index < -0.39 is 5.91 Å². The number of halogens is 2. The first-order valence-electron chi connectivity index (χ1n) is 6.40. The maximum absolute atomic E-state index is 11.7. The highest BCUT2D eigenvalue weighted by Crippen LogP contribution is 2.29. The molecule has 0 aliphatic rings. The summed E-state index contributed by atoms with van der Waals surface area (Å²) in [6, 6.07) is 4.92. The Bertz CT molecular complexity index is 490. The van der Waals surface area contributed by atoms with Crippen molar-refractivity contribution in [3.05, 3.63) is 28.2 Å². The quantitative estimate of drug-likeness (QED) is 0.789.